The number of hydrogen-bond acceptors (Lipinski definition) is 4. The van der Waals surface area contributed by atoms with Gasteiger partial charge in [-0.15, -0.1) is 11.3 Å². The fraction of sp³-hybridized carbons (Fsp3) is 0.179. The van der Waals surface area contributed by atoms with Crippen LogP contribution in [0.4, 0.5) is 5.69 Å². The number of halogens is 1. The number of rotatable bonds is 5. The molecular weight excluding hydrogens is 601 g/mol. The molecule has 36 heavy (non-hydrogen) atoms. The third kappa shape index (κ3) is 4.77. The summed E-state index contributed by atoms with van der Waals surface area (Å²) < 4.78 is 6.73. The third-order valence-corrected chi connectivity index (χ3v) is 8.19. The normalized spacial score (nSPS) is 12.3. The van der Waals surface area contributed by atoms with E-state index >= 15 is 0 Å². The number of amides is 1. The molecule has 1 amide bonds. The van der Waals surface area contributed by atoms with E-state index in [0.29, 0.717) is 11.1 Å². The van der Waals surface area contributed by atoms with Crippen LogP contribution in [-0.4, -0.2) is 10.5 Å². The Labute approximate surface area is 234 Å². The number of benzene rings is 3. The molecule has 5 rings (SSSR count). The molecule has 0 atom stereocenters. The number of aryl methyl sites for hydroxylation is 1. The maximum atomic E-state index is 13.3. The van der Waals surface area contributed by atoms with Crippen molar-refractivity contribution >= 4 is 67.5 Å². The van der Waals surface area contributed by atoms with Gasteiger partial charge in [-0.3, -0.25) is 19.1 Å². The van der Waals surface area contributed by atoms with Crippen LogP contribution >= 0.6 is 22.7 Å². The van der Waals surface area contributed by atoms with Crippen molar-refractivity contribution in [1.82, 2.24) is 4.57 Å². The fourth-order valence-corrected chi connectivity index (χ4v) is 6.71. The van der Waals surface area contributed by atoms with Crippen LogP contribution in [0, 0.1) is 0 Å². The number of aromatic nitrogens is 2. The molecule has 0 fully saturated rings. The largest absolute Gasteiger partial charge is 1.00 e. The van der Waals surface area contributed by atoms with Gasteiger partial charge in [-0.25, -0.2) is 0 Å². The summed E-state index contributed by atoms with van der Waals surface area (Å²) >= 11 is 3.15. The second-order valence-corrected chi connectivity index (χ2v) is 10.3. The molecule has 0 saturated heterocycles. The lowest BCUT2D eigenvalue weighted by atomic mass is 10.1. The lowest BCUT2D eigenvalue weighted by Crippen LogP contribution is -3.00. The summed E-state index contributed by atoms with van der Waals surface area (Å²) in [4.78, 5) is 27.2. The summed E-state index contributed by atoms with van der Waals surface area (Å²) in [6.07, 6.45) is 3.77. The van der Waals surface area contributed by atoms with Crippen LogP contribution in [0.25, 0.3) is 33.3 Å². The Morgan fingerprint density at radius 1 is 1.00 bits per heavy atom. The Morgan fingerprint density at radius 3 is 2.42 bits per heavy atom. The van der Waals surface area contributed by atoms with Gasteiger partial charge in [0.15, 0.2) is 0 Å². The molecule has 0 bridgehead atoms. The van der Waals surface area contributed by atoms with Gasteiger partial charge in [0.05, 0.1) is 11.5 Å². The van der Waals surface area contributed by atoms with E-state index in [0.717, 1.165) is 21.9 Å². The van der Waals surface area contributed by atoms with Crippen molar-refractivity contribution in [2.45, 2.75) is 33.9 Å². The van der Waals surface area contributed by atoms with Crippen molar-refractivity contribution in [1.29, 1.82) is 0 Å². The molecule has 0 aliphatic carbocycles. The number of fused-ring (bicyclic) bond motifs is 3. The van der Waals surface area contributed by atoms with E-state index in [4.69, 9.17) is 0 Å². The van der Waals surface area contributed by atoms with Gasteiger partial charge in [0, 0.05) is 25.4 Å². The Balaban J connectivity index is 0.00000304. The predicted octanol–water partition coefficient (Wildman–Crippen LogP) is 1.23. The number of carbonyl (C=O) groups excluding carboxylic acids is 1. The average Bonchev–Trinajstić information content (AvgIpc) is 3.38. The van der Waals surface area contributed by atoms with E-state index in [9.17, 15) is 9.59 Å². The Bertz CT molecular complexity index is 1740. The van der Waals surface area contributed by atoms with Crippen molar-refractivity contribution in [2.24, 2.45) is 0 Å². The van der Waals surface area contributed by atoms with Gasteiger partial charge >= 0.3 is 0 Å². The second kappa shape index (κ2) is 11.1. The molecule has 184 valence electrons. The zero-order valence-corrected chi connectivity index (χ0v) is 24.1. The highest BCUT2D eigenvalue weighted by molar-refractivity contribution is 7.19. The minimum Gasteiger partial charge on any atom is -1.00 e. The lowest BCUT2D eigenvalue weighted by molar-refractivity contribution is -0.664. The zero-order valence-electron chi connectivity index (χ0n) is 20.3. The number of nitrogens with zero attached hydrogens (tertiary/aromatic N) is 3. The summed E-state index contributed by atoms with van der Waals surface area (Å²) in [6.45, 7) is 7.01. The summed E-state index contributed by atoms with van der Waals surface area (Å²) in [6, 6.07) is 22.2. The Hall–Kier alpha value is -2.82. The molecule has 0 saturated carbocycles. The first-order valence-corrected chi connectivity index (χ1v) is 13.3. The molecule has 3 aromatic carbocycles. The van der Waals surface area contributed by atoms with Crippen LogP contribution in [0.3, 0.4) is 0 Å². The average molecular weight is 628 g/mol. The molecule has 0 radical (unpaired) electrons. The van der Waals surface area contributed by atoms with Crippen LogP contribution < -0.4 is 48.2 Å². The molecule has 0 spiro atoms. The Kier molecular flexibility index (Phi) is 8.07. The smallest absolute Gasteiger partial charge is 0.270 e. The fourth-order valence-electron chi connectivity index (χ4n) is 4.39. The summed E-state index contributed by atoms with van der Waals surface area (Å²) in [7, 11) is 0. The number of anilines is 1. The molecule has 0 aliphatic rings. The first-order chi connectivity index (χ1) is 17.0. The van der Waals surface area contributed by atoms with Crippen molar-refractivity contribution in [2.75, 3.05) is 4.90 Å². The van der Waals surface area contributed by atoms with Crippen molar-refractivity contribution in [3.05, 3.63) is 91.3 Å². The van der Waals surface area contributed by atoms with E-state index < -0.39 is 0 Å². The number of para-hydroxylation sites is 1. The lowest BCUT2D eigenvalue weighted by Gasteiger charge is -2.15. The molecule has 5 aromatic rings. The van der Waals surface area contributed by atoms with Crippen LogP contribution in [0.1, 0.15) is 25.8 Å². The maximum Gasteiger partial charge on any atom is 0.270 e. The zero-order chi connectivity index (χ0) is 24.5. The highest BCUT2D eigenvalue weighted by Gasteiger charge is 2.20. The van der Waals surface area contributed by atoms with Crippen LogP contribution in [0.2, 0.25) is 0 Å². The van der Waals surface area contributed by atoms with Gasteiger partial charge < -0.3 is 24.0 Å². The van der Waals surface area contributed by atoms with E-state index in [2.05, 4.69) is 54.0 Å². The maximum absolute atomic E-state index is 13.3. The van der Waals surface area contributed by atoms with Crippen LogP contribution in [-0.2, 0) is 17.9 Å². The molecular formula is C28H26IN3O2S2. The van der Waals surface area contributed by atoms with Crippen molar-refractivity contribution in [3.63, 3.8) is 0 Å². The standard InChI is InChI=1S/C28H26N3O2S2.HI/c1-4-29-25(34-23-16-15-20-11-9-10-14-22(20)27(23)29)17-26-30(5-2)28(33)24(35-26)18-31(19(3)32)21-12-7-6-8-13-21;/h6-18H,4-5H2,1-3H3;1H/q+1;/p-1/b24-18+;. The first kappa shape index (κ1) is 26.2. The minimum absolute atomic E-state index is 0. The summed E-state index contributed by atoms with van der Waals surface area (Å²) in [5.41, 5.74) is 1.88. The molecule has 0 N–H and O–H groups in total. The highest BCUT2D eigenvalue weighted by Crippen LogP contribution is 2.28. The van der Waals surface area contributed by atoms with Crippen molar-refractivity contribution in [3.8, 4) is 0 Å². The van der Waals surface area contributed by atoms with Gasteiger partial charge in [0.25, 0.3) is 10.6 Å². The molecule has 0 aliphatic heterocycles. The first-order valence-electron chi connectivity index (χ1n) is 11.6. The van der Waals surface area contributed by atoms with Crippen molar-refractivity contribution < 1.29 is 33.3 Å². The number of hydrogen-bond donors (Lipinski definition) is 0. The quantitative estimate of drug-likeness (QED) is 0.218. The Morgan fingerprint density at radius 2 is 1.72 bits per heavy atom. The third-order valence-electron chi connectivity index (χ3n) is 6.05. The topological polar surface area (TPSA) is 46.2 Å². The van der Waals surface area contributed by atoms with Gasteiger partial charge in [0.2, 0.25) is 11.4 Å². The van der Waals surface area contributed by atoms with E-state index in [1.165, 1.54) is 44.1 Å². The van der Waals surface area contributed by atoms with E-state index in [1.807, 2.05) is 37.3 Å². The molecule has 2 heterocycles. The monoisotopic (exact) mass is 627 g/mol. The van der Waals surface area contributed by atoms with Gasteiger partial charge in [-0.05, 0) is 43.5 Å². The van der Waals surface area contributed by atoms with E-state index in [1.54, 1.807) is 22.1 Å². The van der Waals surface area contributed by atoms with Crippen LogP contribution in [0.5, 0.6) is 0 Å². The summed E-state index contributed by atoms with van der Waals surface area (Å²) in [5, 5.41) is 3.55. The minimum atomic E-state index is -0.141. The molecule has 2 aromatic heterocycles. The molecule has 8 heteroatoms. The predicted molar refractivity (Wildman–Crippen MR) is 146 cm³/mol. The second-order valence-electron chi connectivity index (χ2n) is 8.17. The summed E-state index contributed by atoms with van der Waals surface area (Å²) in [5.74, 6) is -0.141. The highest BCUT2D eigenvalue weighted by atomic mass is 127. The number of carbonyl (C=O) groups is 1. The number of thiazole rings is 2. The van der Waals surface area contributed by atoms with Gasteiger partial charge in [0.1, 0.15) is 20.4 Å². The molecule has 0 unspecified atom stereocenters. The molecule has 5 nitrogen and oxygen atoms in total. The SMILES string of the molecule is CCn1c(=O)/c(=C\N(C(C)=O)c2ccccc2)s/c1=C\c1sc2ccc3ccccc3c2[n+]1CC.[I-]. The van der Waals surface area contributed by atoms with E-state index in [-0.39, 0.29) is 35.4 Å². The van der Waals surface area contributed by atoms with Gasteiger partial charge in [-0.1, -0.05) is 53.8 Å². The van der Waals surface area contributed by atoms with Gasteiger partial charge in [-0.2, -0.15) is 4.57 Å². The van der Waals surface area contributed by atoms with Crippen LogP contribution in [0.15, 0.2) is 71.5 Å².